The van der Waals surface area contributed by atoms with Gasteiger partial charge in [-0.2, -0.15) is 0 Å². The SMILES string of the molecule is CCCNCc1ccc(OCC(F)F)cc1. The van der Waals surface area contributed by atoms with Crippen molar-refractivity contribution in [3.8, 4) is 5.75 Å². The van der Waals surface area contributed by atoms with Crippen LogP contribution >= 0.6 is 0 Å². The molecular formula is C12H17F2NO. The summed E-state index contributed by atoms with van der Waals surface area (Å²) in [7, 11) is 0. The van der Waals surface area contributed by atoms with E-state index >= 15 is 0 Å². The van der Waals surface area contributed by atoms with E-state index in [4.69, 9.17) is 4.74 Å². The van der Waals surface area contributed by atoms with Gasteiger partial charge in [0, 0.05) is 6.54 Å². The second-order valence-electron chi connectivity index (χ2n) is 3.52. The molecule has 2 nitrogen and oxygen atoms in total. The van der Waals surface area contributed by atoms with E-state index in [1.54, 1.807) is 12.1 Å². The summed E-state index contributed by atoms with van der Waals surface area (Å²) in [5.41, 5.74) is 1.12. The molecule has 0 aliphatic carbocycles. The van der Waals surface area contributed by atoms with Crippen molar-refractivity contribution in [3.05, 3.63) is 29.8 Å². The maximum Gasteiger partial charge on any atom is 0.272 e. The van der Waals surface area contributed by atoms with Gasteiger partial charge in [-0.25, -0.2) is 8.78 Å². The van der Waals surface area contributed by atoms with E-state index in [1.165, 1.54) is 0 Å². The molecule has 1 aromatic rings. The average Bonchev–Trinajstić information content (AvgIpc) is 2.28. The van der Waals surface area contributed by atoms with E-state index in [2.05, 4.69) is 12.2 Å². The Labute approximate surface area is 94.6 Å². The van der Waals surface area contributed by atoms with Crippen molar-refractivity contribution in [2.75, 3.05) is 13.2 Å². The van der Waals surface area contributed by atoms with Gasteiger partial charge >= 0.3 is 0 Å². The molecule has 4 heteroatoms. The summed E-state index contributed by atoms with van der Waals surface area (Å²) < 4.78 is 28.6. The van der Waals surface area contributed by atoms with Gasteiger partial charge in [0.2, 0.25) is 0 Å². The molecule has 90 valence electrons. The normalized spacial score (nSPS) is 10.8. The van der Waals surface area contributed by atoms with E-state index < -0.39 is 13.0 Å². The number of hydrogen-bond donors (Lipinski definition) is 1. The topological polar surface area (TPSA) is 21.3 Å². The van der Waals surface area contributed by atoms with Gasteiger partial charge in [0.1, 0.15) is 12.4 Å². The van der Waals surface area contributed by atoms with Crippen LogP contribution < -0.4 is 10.1 Å². The van der Waals surface area contributed by atoms with Crippen LogP contribution in [-0.4, -0.2) is 19.6 Å². The lowest BCUT2D eigenvalue weighted by Gasteiger charge is -2.07. The number of ether oxygens (including phenoxy) is 1. The van der Waals surface area contributed by atoms with Crippen molar-refractivity contribution in [1.82, 2.24) is 5.32 Å². The van der Waals surface area contributed by atoms with E-state index in [1.807, 2.05) is 12.1 Å². The minimum atomic E-state index is -2.43. The first-order valence-electron chi connectivity index (χ1n) is 5.43. The van der Waals surface area contributed by atoms with Gasteiger partial charge in [0.15, 0.2) is 0 Å². The van der Waals surface area contributed by atoms with Crippen LogP contribution in [0, 0.1) is 0 Å². The number of halogens is 2. The van der Waals surface area contributed by atoms with Gasteiger partial charge in [0.25, 0.3) is 6.43 Å². The molecule has 0 aliphatic heterocycles. The van der Waals surface area contributed by atoms with Crippen molar-refractivity contribution < 1.29 is 13.5 Å². The van der Waals surface area contributed by atoms with E-state index in [-0.39, 0.29) is 0 Å². The standard InChI is InChI=1S/C12H17F2NO/c1-2-7-15-8-10-3-5-11(6-4-10)16-9-12(13)14/h3-6,12,15H,2,7-9H2,1H3. The molecule has 1 N–H and O–H groups in total. The third-order valence-corrected chi connectivity index (χ3v) is 2.06. The van der Waals surface area contributed by atoms with Gasteiger partial charge in [-0.1, -0.05) is 19.1 Å². The van der Waals surface area contributed by atoms with Crippen molar-refractivity contribution in [2.45, 2.75) is 26.3 Å². The monoisotopic (exact) mass is 229 g/mol. The second kappa shape index (κ2) is 7.17. The number of rotatable bonds is 7. The highest BCUT2D eigenvalue weighted by molar-refractivity contribution is 5.27. The molecule has 0 atom stereocenters. The molecule has 0 radical (unpaired) electrons. The quantitative estimate of drug-likeness (QED) is 0.726. The molecular weight excluding hydrogens is 212 g/mol. The highest BCUT2D eigenvalue weighted by Crippen LogP contribution is 2.12. The molecule has 16 heavy (non-hydrogen) atoms. The molecule has 0 bridgehead atoms. The predicted octanol–water partition coefficient (Wildman–Crippen LogP) is 2.83. The Hall–Kier alpha value is -1.16. The number of hydrogen-bond acceptors (Lipinski definition) is 2. The van der Waals surface area contributed by atoms with Crippen LogP contribution in [0.5, 0.6) is 5.75 Å². The third kappa shape index (κ3) is 5.07. The van der Waals surface area contributed by atoms with Gasteiger partial charge in [0.05, 0.1) is 0 Å². The van der Waals surface area contributed by atoms with Gasteiger partial charge in [-0.05, 0) is 30.7 Å². The molecule has 0 unspecified atom stereocenters. The Morgan fingerprint density at radius 1 is 1.25 bits per heavy atom. The lowest BCUT2D eigenvalue weighted by Crippen LogP contribution is -2.13. The van der Waals surface area contributed by atoms with Gasteiger partial charge in [-0.15, -0.1) is 0 Å². The zero-order valence-electron chi connectivity index (χ0n) is 9.38. The molecule has 0 saturated carbocycles. The number of alkyl halides is 2. The van der Waals surface area contributed by atoms with Crippen molar-refractivity contribution in [3.63, 3.8) is 0 Å². The summed E-state index contributed by atoms with van der Waals surface area (Å²) in [6.45, 7) is 3.33. The van der Waals surface area contributed by atoms with E-state index in [0.29, 0.717) is 5.75 Å². The summed E-state index contributed by atoms with van der Waals surface area (Å²) in [6.07, 6.45) is -1.33. The van der Waals surface area contributed by atoms with E-state index in [0.717, 1.165) is 25.1 Å². The first kappa shape index (κ1) is 12.9. The fraction of sp³-hybridized carbons (Fsp3) is 0.500. The van der Waals surface area contributed by atoms with Crippen LogP contribution in [0.4, 0.5) is 8.78 Å². The Morgan fingerprint density at radius 2 is 1.94 bits per heavy atom. The van der Waals surface area contributed by atoms with E-state index in [9.17, 15) is 8.78 Å². The second-order valence-corrected chi connectivity index (χ2v) is 3.52. The largest absolute Gasteiger partial charge is 0.488 e. The zero-order valence-corrected chi connectivity index (χ0v) is 9.38. The fourth-order valence-corrected chi connectivity index (χ4v) is 1.27. The predicted molar refractivity (Wildman–Crippen MR) is 59.9 cm³/mol. The average molecular weight is 229 g/mol. The van der Waals surface area contributed by atoms with Crippen LogP contribution in [0.1, 0.15) is 18.9 Å². The Balaban J connectivity index is 2.35. The van der Waals surface area contributed by atoms with Crippen LogP contribution in [0.15, 0.2) is 24.3 Å². The number of benzene rings is 1. The summed E-state index contributed by atoms with van der Waals surface area (Å²) >= 11 is 0. The summed E-state index contributed by atoms with van der Waals surface area (Å²) in [6, 6.07) is 7.18. The molecule has 1 rings (SSSR count). The Kier molecular flexibility index (Phi) is 5.78. The van der Waals surface area contributed by atoms with Crippen LogP contribution in [-0.2, 0) is 6.54 Å². The molecule has 0 amide bonds. The lowest BCUT2D eigenvalue weighted by molar-refractivity contribution is 0.0819. The fourth-order valence-electron chi connectivity index (χ4n) is 1.27. The van der Waals surface area contributed by atoms with Crippen molar-refractivity contribution in [2.24, 2.45) is 0 Å². The highest BCUT2D eigenvalue weighted by atomic mass is 19.3. The highest BCUT2D eigenvalue weighted by Gasteiger charge is 2.03. The summed E-state index contributed by atoms with van der Waals surface area (Å²) in [5, 5.41) is 3.26. The molecule has 1 aromatic carbocycles. The molecule has 0 fully saturated rings. The minimum absolute atomic E-state index is 0.486. The zero-order chi connectivity index (χ0) is 11.8. The molecule has 0 saturated heterocycles. The summed E-state index contributed by atoms with van der Waals surface area (Å²) in [5.74, 6) is 0.486. The maximum atomic E-state index is 11.9. The van der Waals surface area contributed by atoms with Crippen LogP contribution in [0.3, 0.4) is 0 Å². The maximum absolute atomic E-state index is 11.9. The van der Waals surface area contributed by atoms with Gasteiger partial charge in [-0.3, -0.25) is 0 Å². The molecule has 0 heterocycles. The number of nitrogens with one attached hydrogen (secondary N) is 1. The third-order valence-electron chi connectivity index (χ3n) is 2.06. The first-order valence-corrected chi connectivity index (χ1v) is 5.43. The lowest BCUT2D eigenvalue weighted by atomic mass is 10.2. The first-order chi connectivity index (χ1) is 7.72. The summed E-state index contributed by atoms with van der Waals surface area (Å²) in [4.78, 5) is 0. The molecule has 0 aliphatic rings. The van der Waals surface area contributed by atoms with Crippen molar-refractivity contribution in [1.29, 1.82) is 0 Å². The molecule has 0 spiro atoms. The van der Waals surface area contributed by atoms with Crippen LogP contribution in [0.25, 0.3) is 0 Å². The Morgan fingerprint density at radius 3 is 2.50 bits per heavy atom. The van der Waals surface area contributed by atoms with Crippen LogP contribution in [0.2, 0.25) is 0 Å². The smallest absolute Gasteiger partial charge is 0.272 e. The van der Waals surface area contributed by atoms with Gasteiger partial charge < -0.3 is 10.1 Å². The van der Waals surface area contributed by atoms with Crippen molar-refractivity contribution >= 4 is 0 Å². The Bertz CT molecular complexity index is 288. The molecule has 0 aromatic heterocycles. The minimum Gasteiger partial charge on any atom is -0.488 e.